The maximum Gasteiger partial charge on any atom is 0.244 e. The number of anilines is 1. The molecule has 116 valence electrons. The van der Waals surface area contributed by atoms with Crippen LogP contribution in [-0.4, -0.2) is 43.4 Å². The van der Waals surface area contributed by atoms with Gasteiger partial charge in [-0.15, -0.1) is 0 Å². The van der Waals surface area contributed by atoms with E-state index in [-0.39, 0.29) is 0 Å². The maximum atomic E-state index is 12.5. The van der Waals surface area contributed by atoms with E-state index in [1.54, 1.807) is 10.4 Å². The summed E-state index contributed by atoms with van der Waals surface area (Å²) < 4.78 is 26.5. The third-order valence-electron chi connectivity index (χ3n) is 4.86. The molecule has 2 aliphatic rings. The minimum Gasteiger partial charge on any atom is -0.354 e. The molecule has 0 spiro atoms. The number of pyridine rings is 1. The standard InChI is InChI=1S/C15H23N3O2S/c1-12-7-10-18(13(12)2)15-6-5-14(11-16-15)21(19,20)17-8-3-4-9-17/h5-6,11-13H,3-4,7-10H2,1-2H3. The van der Waals surface area contributed by atoms with Gasteiger partial charge in [0.05, 0.1) is 0 Å². The highest BCUT2D eigenvalue weighted by Crippen LogP contribution is 2.29. The molecular formula is C15H23N3O2S. The molecule has 2 unspecified atom stereocenters. The van der Waals surface area contributed by atoms with E-state index in [4.69, 9.17) is 0 Å². The van der Waals surface area contributed by atoms with Crippen LogP contribution in [0.1, 0.15) is 33.1 Å². The Morgan fingerprint density at radius 1 is 1.14 bits per heavy atom. The molecule has 5 nitrogen and oxygen atoms in total. The van der Waals surface area contributed by atoms with Gasteiger partial charge in [-0.1, -0.05) is 6.92 Å². The quantitative estimate of drug-likeness (QED) is 0.858. The molecule has 0 bridgehead atoms. The molecular weight excluding hydrogens is 286 g/mol. The Morgan fingerprint density at radius 2 is 1.86 bits per heavy atom. The van der Waals surface area contributed by atoms with Crippen LogP contribution < -0.4 is 4.90 Å². The molecule has 0 aliphatic carbocycles. The number of aromatic nitrogens is 1. The van der Waals surface area contributed by atoms with Gasteiger partial charge in [-0.05, 0) is 44.2 Å². The van der Waals surface area contributed by atoms with E-state index < -0.39 is 10.0 Å². The maximum absolute atomic E-state index is 12.5. The molecule has 0 radical (unpaired) electrons. The normalized spacial score (nSPS) is 27.4. The predicted molar refractivity (Wildman–Crippen MR) is 82.8 cm³/mol. The molecule has 21 heavy (non-hydrogen) atoms. The summed E-state index contributed by atoms with van der Waals surface area (Å²) in [5.74, 6) is 1.53. The Bertz CT molecular complexity index is 594. The molecule has 3 rings (SSSR count). The van der Waals surface area contributed by atoms with Crippen molar-refractivity contribution >= 4 is 15.8 Å². The van der Waals surface area contributed by atoms with E-state index in [9.17, 15) is 8.42 Å². The third-order valence-corrected chi connectivity index (χ3v) is 6.74. The molecule has 2 fully saturated rings. The van der Waals surface area contributed by atoms with Crippen molar-refractivity contribution in [3.05, 3.63) is 18.3 Å². The van der Waals surface area contributed by atoms with E-state index >= 15 is 0 Å². The van der Waals surface area contributed by atoms with Gasteiger partial charge in [0.1, 0.15) is 10.7 Å². The van der Waals surface area contributed by atoms with Gasteiger partial charge in [-0.2, -0.15) is 4.31 Å². The lowest BCUT2D eigenvalue weighted by Crippen LogP contribution is -2.30. The Balaban J connectivity index is 1.81. The molecule has 0 saturated carbocycles. The first-order valence-corrected chi connectivity index (χ1v) is 9.17. The second-order valence-electron chi connectivity index (χ2n) is 6.16. The van der Waals surface area contributed by atoms with Crippen molar-refractivity contribution < 1.29 is 8.42 Å². The third kappa shape index (κ3) is 2.66. The summed E-state index contributed by atoms with van der Waals surface area (Å²) in [6.45, 7) is 6.70. The molecule has 3 heterocycles. The van der Waals surface area contributed by atoms with Crippen LogP contribution in [-0.2, 0) is 10.0 Å². The van der Waals surface area contributed by atoms with Crippen molar-refractivity contribution in [1.82, 2.24) is 9.29 Å². The summed E-state index contributed by atoms with van der Waals surface area (Å²) in [5.41, 5.74) is 0. The largest absolute Gasteiger partial charge is 0.354 e. The molecule has 0 N–H and O–H groups in total. The Kier molecular flexibility index (Phi) is 3.92. The van der Waals surface area contributed by atoms with Crippen molar-refractivity contribution in [2.24, 2.45) is 5.92 Å². The van der Waals surface area contributed by atoms with Crippen LogP contribution in [0.4, 0.5) is 5.82 Å². The smallest absolute Gasteiger partial charge is 0.244 e. The lowest BCUT2D eigenvalue weighted by Gasteiger charge is -2.24. The monoisotopic (exact) mass is 309 g/mol. The fraction of sp³-hybridized carbons (Fsp3) is 0.667. The van der Waals surface area contributed by atoms with Crippen LogP contribution in [0.15, 0.2) is 23.2 Å². The second-order valence-corrected chi connectivity index (χ2v) is 8.10. The van der Waals surface area contributed by atoms with E-state index in [1.165, 1.54) is 6.20 Å². The fourth-order valence-electron chi connectivity index (χ4n) is 3.19. The minimum atomic E-state index is -3.35. The van der Waals surface area contributed by atoms with Crippen molar-refractivity contribution in [2.75, 3.05) is 24.5 Å². The van der Waals surface area contributed by atoms with Crippen molar-refractivity contribution in [2.45, 2.75) is 44.0 Å². The van der Waals surface area contributed by atoms with Crippen molar-refractivity contribution in [3.8, 4) is 0 Å². The Morgan fingerprint density at radius 3 is 2.38 bits per heavy atom. The zero-order valence-corrected chi connectivity index (χ0v) is 13.5. The highest BCUT2D eigenvalue weighted by molar-refractivity contribution is 7.89. The Labute approximate surface area is 127 Å². The highest BCUT2D eigenvalue weighted by atomic mass is 32.2. The molecule has 1 aromatic rings. The van der Waals surface area contributed by atoms with Crippen LogP contribution in [0.25, 0.3) is 0 Å². The first kappa shape index (κ1) is 14.8. The molecule has 1 aromatic heterocycles. The molecule has 6 heteroatoms. The van der Waals surface area contributed by atoms with Crippen LogP contribution in [0.2, 0.25) is 0 Å². The van der Waals surface area contributed by atoms with E-state index in [2.05, 4.69) is 23.7 Å². The number of nitrogens with zero attached hydrogens (tertiary/aromatic N) is 3. The van der Waals surface area contributed by atoms with E-state index in [0.29, 0.717) is 29.9 Å². The zero-order chi connectivity index (χ0) is 15.0. The summed E-state index contributed by atoms with van der Waals surface area (Å²) in [6.07, 6.45) is 4.58. The average molecular weight is 309 g/mol. The van der Waals surface area contributed by atoms with Crippen LogP contribution >= 0.6 is 0 Å². The SMILES string of the molecule is CC1CCN(c2ccc(S(=O)(=O)N3CCCC3)cn2)C1C. The first-order chi connectivity index (χ1) is 10.00. The summed E-state index contributed by atoms with van der Waals surface area (Å²) in [5, 5.41) is 0. The minimum absolute atomic E-state index is 0.313. The van der Waals surface area contributed by atoms with Gasteiger partial charge in [0.25, 0.3) is 0 Å². The summed E-state index contributed by atoms with van der Waals surface area (Å²) >= 11 is 0. The zero-order valence-electron chi connectivity index (χ0n) is 12.7. The van der Waals surface area contributed by atoms with Crippen molar-refractivity contribution in [1.29, 1.82) is 0 Å². The predicted octanol–water partition coefficient (Wildman–Crippen LogP) is 2.10. The average Bonchev–Trinajstić information content (AvgIpc) is 3.11. The number of rotatable bonds is 3. The van der Waals surface area contributed by atoms with Gasteiger partial charge in [0.15, 0.2) is 0 Å². The van der Waals surface area contributed by atoms with Gasteiger partial charge < -0.3 is 4.90 Å². The second kappa shape index (κ2) is 5.57. The molecule has 0 aromatic carbocycles. The van der Waals surface area contributed by atoms with Gasteiger partial charge in [0, 0.05) is 31.9 Å². The summed E-state index contributed by atoms with van der Waals surface area (Å²) in [7, 11) is -3.35. The molecule has 0 amide bonds. The first-order valence-electron chi connectivity index (χ1n) is 7.73. The van der Waals surface area contributed by atoms with Gasteiger partial charge >= 0.3 is 0 Å². The summed E-state index contributed by atoms with van der Waals surface area (Å²) in [6, 6.07) is 4.00. The highest BCUT2D eigenvalue weighted by Gasteiger charge is 2.30. The van der Waals surface area contributed by atoms with Crippen molar-refractivity contribution in [3.63, 3.8) is 0 Å². The number of hydrogen-bond acceptors (Lipinski definition) is 4. The van der Waals surface area contributed by atoms with E-state index in [0.717, 1.165) is 31.6 Å². The van der Waals surface area contributed by atoms with E-state index in [1.807, 2.05) is 6.07 Å². The topological polar surface area (TPSA) is 53.5 Å². The van der Waals surface area contributed by atoms with Gasteiger partial charge in [-0.3, -0.25) is 0 Å². The Hall–Kier alpha value is -1.14. The lowest BCUT2D eigenvalue weighted by molar-refractivity contribution is 0.477. The number of hydrogen-bond donors (Lipinski definition) is 0. The molecule has 2 atom stereocenters. The van der Waals surface area contributed by atoms with Crippen LogP contribution in [0.5, 0.6) is 0 Å². The molecule has 2 saturated heterocycles. The van der Waals surface area contributed by atoms with Crippen LogP contribution in [0, 0.1) is 5.92 Å². The molecule has 2 aliphatic heterocycles. The van der Waals surface area contributed by atoms with Gasteiger partial charge in [-0.25, -0.2) is 13.4 Å². The van der Waals surface area contributed by atoms with Gasteiger partial charge in [0.2, 0.25) is 10.0 Å². The lowest BCUT2D eigenvalue weighted by atomic mass is 10.1. The number of sulfonamides is 1. The summed E-state index contributed by atoms with van der Waals surface area (Å²) in [4.78, 5) is 6.98. The fourth-order valence-corrected chi connectivity index (χ4v) is 4.65. The van der Waals surface area contributed by atoms with Crippen LogP contribution in [0.3, 0.4) is 0 Å².